The lowest BCUT2D eigenvalue weighted by atomic mass is 9.76. The number of nitrogens with two attached hydrogens (primary N) is 1. The molecule has 1 fully saturated rings. The molecule has 1 aliphatic carbocycles. The summed E-state index contributed by atoms with van der Waals surface area (Å²) in [6.45, 7) is 1.31. The van der Waals surface area contributed by atoms with Crippen molar-refractivity contribution in [1.82, 2.24) is 0 Å². The summed E-state index contributed by atoms with van der Waals surface area (Å²) in [5.74, 6) is -1.29. The second-order valence-electron chi connectivity index (χ2n) is 6.18. The molecule has 3 nitrogen and oxygen atoms in total. The van der Waals surface area contributed by atoms with Crippen LogP contribution in [-0.4, -0.2) is 12.7 Å². The van der Waals surface area contributed by atoms with Crippen LogP contribution in [0.25, 0.3) is 0 Å². The van der Waals surface area contributed by atoms with E-state index < -0.39 is 18.2 Å². The molecule has 2 rings (SSSR count). The number of ether oxygens (including phenoxy) is 2. The number of halogens is 3. The van der Waals surface area contributed by atoms with Crippen LogP contribution in [0.3, 0.4) is 0 Å². The van der Waals surface area contributed by atoms with Crippen molar-refractivity contribution in [2.75, 3.05) is 5.73 Å². The van der Waals surface area contributed by atoms with Gasteiger partial charge in [0.15, 0.2) is 11.6 Å². The molecule has 0 radical (unpaired) electrons. The predicted molar refractivity (Wildman–Crippen MR) is 74.1 cm³/mol. The topological polar surface area (TPSA) is 44.5 Å². The number of alkyl halides is 2. The third kappa shape index (κ3) is 4.19. The predicted octanol–water partition coefficient (Wildman–Crippen LogP) is 4.36. The molecule has 1 aromatic rings. The number of nitrogen functional groups attached to an aromatic ring is 1. The minimum atomic E-state index is -3.09. The van der Waals surface area contributed by atoms with Gasteiger partial charge in [0.05, 0.1) is 11.8 Å². The Morgan fingerprint density at radius 1 is 1.19 bits per heavy atom. The summed E-state index contributed by atoms with van der Waals surface area (Å²) in [4.78, 5) is 0. The van der Waals surface area contributed by atoms with E-state index in [-0.39, 0.29) is 23.0 Å². The van der Waals surface area contributed by atoms with E-state index in [0.29, 0.717) is 0 Å². The second-order valence-corrected chi connectivity index (χ2v) is 6.18. The van der Waals surface area contributed by atoms with E-state index in [2.05, 4.69) is 18.6 Å². The van der Waals surface area contributed by atoms with Gasteiger partial charge in [-0.25, -0.2) is 4.39 Å². The van der Waals surface area contributed by atoms with Crippen LogP contribution >= 0.6 is 0 Å². The maximum Gasteiger partial charge on any atom is 0.387 e. The van der Waals surface area contributed by atoms with Gasteiger partial charge < -0.3 is 15.2 Å². The van der Waals surface area contributed by atoms with Gasteiger partial charge >= 0.3 is 6.61 Å². The summed E-state index contributed by atoms with van der Waals surface area (Å²) in [6.07, 6.45) is 3.70. The summed E-state index contributed by atoms with van der Waals surface area (Å²) >= 11 is 0. The molecule has 2 N–H and O–H groups in total. The number of rotatable bonds is 4. The number of hydrogen-bond acceptors (Lipinski definition) is 3. The molecule has 0 unspecified atom stereocenters. The van der Waals surface area contributed by atoms with Gasteiger partial charge in [-0.15, -0.1) is 0 Å². The Kier molecular flexibility index (Phi) is 4.54. The molecule has 0 atom stereocenters. The van der Waals surface area contributed by atoms with Crippen LogP contribution in [-0.2, 0) is 0 Å². The van der Waals surface area contributed by atoms with Gasteiger partial charge in [-0.1, -0.05) is 13.8 Å². The molecular weight excluding hydrogens is 283 g/mol. The van der Waals surface area contributed by atoms with Crippen LogP contribution in [0.15, 0.2) is 12.1 Å². The van der Waals surface area contributed by atoms with Gasteiger partial charge in [-0.3, -0.25) is 0 Å². The molecule has 0 saturated heterocycles. The van der Waals surface area contributed by atoms with Gasteiger partial charge in [0.1, 0.15) is 5.75 Å². The highest BCUT2D eigenvalue weighted by Gasteiger charge is 2.28. The Bertz CT molecular complexity index is 496. The lowest BCUT2D eigenvalue weighted by Crippen LogP contribution is -2.28. The van der Waals surface area contributed by atoms with E-state index in [9.17, 15) is 13.2 Å². The zero-order valence-corrected chi connectivity index (χ0v) is 12.2. The Morgan fingerprint density at radius 2 is 1.81 bits per heavy atom. The summed E-state index contributed by atoms with van der Waals surface area (Å²) in [5.41, 5.74) is 6.06. The smallest absolute Gasteiger partial charge is 0.387 e. The fraction of sp³-hybridized carbons (Fsp3) is 0.600. The first kappa shape index (κ1) is 15.8. The van der Waals surface area contributed by atoms with Gasteiger partial charge in [0.25, 0.3) is 0 Å². The fourth-order valence-electron chi connectivity index (χ4n) is 2.51. The van der Waals surface area contributed by atoms with E-state index in [1.54, 1.807) is 0 Å². The highest BCUT2D eigenvalue weighted by atomic mass is 19.3. The highest BCUT2D eigenvalue weighted by Crippen LogP contribution is 2.38. The van der Waals surface area contributed by atoms with E-state index >= 15 is 0 Å². The molecule has 0 amide bonds. The molecule has 0 spiro atoms. The standard InChI is InChI=1S/C15H20F3NO2/c1-15(2)5-3-9(4-6-15)20-13-8-12(21-14(17)18)10(16)7-11(13)19/h7-9,14H,3-6,19H2,1-2H3. The van der Waals surface area contributed by atoms with Crippen LogP contribution in [0.5, 0.6) is 11.5 Å². The maximum atomic E-state index is 13.5. The van der Waals surface area contributed by atoms with Crippen LogP contribution in [0.4, 0.5) is 18.9 Å². The average Bonchev–Trinajstić information content (AvgIpc) is 2.37. The normalized spacial score (nSPS) is 18.8. The summed E-state index contributed by atoms with van der Waals surface area (Å²) in [6, 6.07) is 2.04. The molecule has 0 aromatic heterocycles. The Balaban J connectivity index is 2.09. The SMILES string of the molecule is CC1(C)CCC(Oc2cc(OC(F)F)c(F)cc2N)CC1. The lowest BCUT2D eigenvalue weighted by molar-refractivity contribution is -0.0523. The quantitative estimate of drug-likeness (QED) is 0.841. The molecule has 1 aliphatic rings. The van der Waals surface area contributed by atoms with Crippen LogP contribution in [0.2, 0.25) is 0 Å². The minimum Gasteiger partial charge on any atom is -0.488 e. The van der Waals surface area contributed by atoms with Gasteiger partial charge in [0, 0.05) is 12.1 Å². The van der Waals surface area contributed by atoms with Crippen molar-refractivity contribution >= 4 is 5.69 Å². The van der Waals surface area contributed by atoms with E-state index in [1.165, 1.54) is 0 Å². The first-order valence-electron chi connectivity index (χ1n) is 6.97. The molecule has 0 heterocycles. The molecule has 1 saturated carbocycles. The second kappa shape index (κ2) is 6.03. The van der Waals surface area contributed by atoms with Crippen LogP contribution in [0.1, 0.15) is 39.5 Å². The molecule has 118 valence electrons. The van der Waals surface area contributed by atoms with Gasteiger partial charge in [0.2, 0.25) is 0 Å². The van der Waals surface area contributed by atoms with E-state index in [1.807, 2.05) is 0 Å². The van der Waals surface area contributed by atoms with Crippen molar-refractivity contribution in [1.29, 1.82) is 0 Å². The Labute approximate surface area is 122 Å². The molecule has 0 bridgehead atoms. The summed E-state index contributed by atoms with van der Waals surface area (Å²) in [5, 5.41) is 0. The zero-order chi connectivity index (χ0) is 15.6. The minimum absolute atomic E-state index is 0.0369. The fourth-order valence-corrected chi connectivity index (χ4v) is 2.51. The van der Waals surface area contributed by atoms with E-state index in [0.717, 1.165) is 37.8 Å². The highest BCUT2D eigenvalue weighted by molar-refractivity contribution is 5.56. The van der Waals surface area contributed by atoms with E-state index in [4.69, 9.17) is 10.5 Å². The average molecular weight is 303 g/mol. The number of hydrogen-bond donors (Lipinski definition) is 1. The third-order valence-electron chi connectivity index (χ3n) is 3.86. The van der Waals surface area contributed by atoms with Crippen molar-refractivity contribution in [3.05, 3.63) is 17.9 Å². The van der Waals surface area contributed by atoms with Crippen molar-refractivity contribution in [2.45, 2.75) is 52.2 Å². The molecule has 1 aromatic carbocycles. The lowest BCUT2D eigenvalue weighted by Gasteiger charge is -2.34. The van der Waals surface area contributed by atoms with Crippen LogP contribution < -0.4 is 15.2 Å². The van der Waals surface area contributed by atoms with Crippen molar-refractivity contribution in [3.63, 3.8) is 0 Å². The van der Waals surface area contributed by atoms with Crippen molar-refractivity contribution < 1.29 is 22.6 Å². The maximum absolute atomic E-state index is 13.5. The zero-order valence-electron chi connectivity index (χ0n) is 12.2. The first-order chi connectivity index (χ1) is 9.77. The number of benzene rings is 1. The molecule has 6 heteroatoms. The van der Waals surface area contributed by atoms with Crippen molar-refractivity contribution in [3.8, 4) is 11.5 Å². The Morgan fingerprint density at radius 3 is 2.38 bits per heavy atom. The number of anilines is 1. The molecular formula is C15H20F3NO2. The van der Waals surface area contributed by atoms with Gasteiger partial charge in [-0.05, 0) is 31.1 Å². The van der Waals surface area contributed by atoms with Crippen LogP contribution in [0, 0.1) is 11.2 Å². The summed E-state index contributed by atoms with van der Waals surface area (Å²) < 4.78 is 47.8. The Hall–Kier alpha value is -1.59. The largest absolute Gasteiger partial charge is 0.488 e. The third-order valence-corrected chi connectivity index (χ3v) is 3.86. The molecule has 21 heavy (non-hydrogen) atoms. The molecule has 0 aliphatic heterocycles. The van der Waals surface area contributed by atoms with Crippen molar-refractivity contribution in [2.24, 2.45) is 5.41 Å². The monoisotopic (exact) mass is 303 g/mol. The first-order valence-corrected chi connectivity index (χ1v) is 6.97. The summed E-state index contributed by atoms with van der Waals surface area (Å²) in [7, 11) is 0. The van der Waals surface area contributed by atoms with Gasteiger partial charge in [-0.2, -0.15) is 8.78 Å².